The largest absolute Gasteiger partial charge is 0.464 e. The predicted octanol–water partition coefficient (Wildman–Crippen LogP) is 5.00. The monoisotopic (exact) mass is 384 g/mol. The average molecular weight is 385 g/mol. The first-order chi connectivity index (χ1) is 12.9. The molecule has 0 saturated carbocycles. The Morgan fingerprint density at radius 2 is 1.85 bits per heavy atom. The van der Waals surface area contributed by atoms with Crippen LogP contribution in [0.25, 0.3) is 10.2 Å². The lowest BCUT2D eigenvalue weighted by Crippen LogP contribution is -2.28. The van der Waals surface area contributed by atoms with Crippen LogP contribution in [0.5, 0.6) is 0 Å². The fourth-order valence-electron chi connectivity index (χ4n) is 3.58. The molecule has 0 aliphatic heterocycles. The number of thiophene rings is 1. The van der Waals surface area contributed by atoms with Crippen LogP contribution in [0.4, 0.5) is 5.69 Å². The Balaban J connectivity index is 2.03. The van der Waals surface area contributed by atoms with Crippen LogP contribution < -0.4 is 5.32 Å². The molecule has 6 heteroatoms. The van der Waals surface area contributed by atoms with Crippen molar-refractivity contribution in [1.82, 2.24) is 4.57 Å². The van der Waals surface area contributed by atoms with Gasteiger partial charge in [-0.25, -0.2) is 4.79 Å². The number of esters is 1. The Morgan fingerprint density at radius 1 is 1.19 bits per heavy atom. The van der Waals surface area contributed by atoms with E-state index in [1.165, 1.54) is 18.4 Å². The predicted molar refractivity (Wildman–Crippen MR) is 110 cm³/mol. The topological polar surface area (TPSA) is 60.3 Å². The van der Waals surface area contributed by atoms with Gasteiger partial charge in [0.25, 0.3) is 0 Å². The molecule has 0 spiro atoms. The number of hydrogen-bond donors (Lipinski definition) is 1. The molecule has 0 bridgehead atoms. The molecule has 0 saturated heterocycles. The first-order valence-corrected chi connectivity index (χ1v) is 9.80. The zero-order valence-electron chi connectivity index (χ0n) is 16.3. The van der Waals surface area contributed by atoms with Gasteiger partial charge in [0.1, 0.15) is 16.6 Å². The number of fused-ring (bicyclic) bond motifs is 1. The van der Waals surface area contributed by atoms with Gasteiger partial charge in [-0.2, -0.15) is 0 Å². The lowest BCUT2D eigenvalue weighted by Gasteiger charge is -2.21. The second-order valence-electron chi connectivity index (χ2n) is 6.76. The molecule has 3 aromatic rings. The number of aryl methyl sites for hydroxylation is 3. The van der Waals surface area contributed by atoms with Crippen molar-refractivity contribution in [3.05, 3.63) is 52.0 Å². The van der Waals surface area contributed by atoms with E-state index in [4.69, 9.17) is 4.74 Å². The summed E-state index contributed by atoms with van der Waals surface area (Å²) >= 11 is 1.51. The number of nitrogens with zero attached hydrogens (tertiary/aromatic N) is 1. The normalized spacial score (nSPS) is 12.2. The molecule has 5 nitrogen and oxygen atoms in total. The van der Waals surface area contributed by atoms with Gasteiger partial charge in [0.05, 0.1) is 7.11 Å². The van der Waals surface area contributed by atoms with Gasteiger partial charge in [0.2, 0.25) is 5.91 Å². The summed E-state index contributed by atoms with van der Waals surface area (Å²) < 4.78 is 6.74. The molecule has 1 amide bonds. The molecular formula is C21H24N2O3S. The number of anilines is 1. The van der Waals surface area contributed by atoms with Gasteiger partial charge in [-0.3, -0.25) is 4.79 Å². The van der Waals surface area contributed by atoms with E-state index in [0.29, 0.717) is 12.1 Å². The Morgan fingerprint density at radius 3 is 2.44 bits per heavy atom. The standard InChI is InChI=1S/C21H24N2O3S/c1-6-16(19(24)22-18-13(3)9-12(2)10-14(18)4)23-17(21(25)26-5)11-15-7-8-27-20(15)23/h7-11,16H,6H2,1-5H3,(H,22,24)/t16-/m1/s1. The summed E-state index contributed by atoms with van der Waals surface area (Å²) in [5, 5.41) is 5.98. The summed E-state index contributed by atoms with van der Waals surface area (Å²) in [5.41, 5.74) is 4.45. The molecule has 0 aliphatic rings. The SMILES string of the molecule is CC[C@H](C(=O)Nc1c(C)cc(C)cc1C)n1c(C(=O)OC)cc2ccsc21. The zero-order chi connectivity index (χ0) is 19.7. The number of benzene rings is 1. The van der Waals surface area contributed by atoms with Crippen LogP contribution >= 0.6 is 11.3 Å². The summed E-state index contributed by atoms with van der Waals surface area (Å²) in [6.45, 7) is 7.96. The quantitative estimate of drug-likeness (QED) is 0.630. The molecule has 1 atom stereocenters. The number of hydrogen-bond acceptors (Lipinski definition) is 4. The Bertz CT molecular complexity index is 993. The van der Waals surface area contributed by atoms with Crippen molar-refractivity contribution < 1.29 is 14.3 Å². The van der Waals surface area contributed by atoms with Crippen LogP contribution in [0.15, 0.2) is 29.6 Å². The summed E-state index contributed by atoms with van der Waals surface area (Å²) in [4.78, 5) is 26.4. The minimum absolute atomic E-state index is 0.136. The first-order valence-electron chi connectivity index (χ1n) is 8.92. The highest BCUT2D eigenvalue weighted by Gasteiger charge is 2.27. The Kier molecular flexibility index (Phi) is 5.37. The lowest BCUT2D eigenvalue weighted by atomic mass is 10.0. The summed E-state index contributed by atoms with van der Waals surface area (Å²) in [7, 11) is 1.35. The van der Waals surface area contributed by atoms with Crippen molar-refractivity contribution in [3.63, 3.8) is 0 Å². The molecule has 142 valence electrons. The van der Waals surface area contributed by atoms with Crippen LogP contribution in [0, 0.1) is 20.8 Å². The van der Waals surface area contributed by atoms with E-state index in [1.807, 2.05) is 39.1 Å². The van der Waals surface area contributed by atoms with E-state index >= 15 is 0 Å². The highest BCUT2D eigenvalue weighted by Crippen LogP contribution is 2.32. The zero-order valence-corrected chi connectivity index (χ0v) is 17.1. The number of aromatic nitrogens is 1. The molecule has 3 rings (SSSR count). The van der Waals surface area contributed by atoms with E-state index in [-0.39, 0.29) is 5.91 Å². The van der Waals surface area contributed by atoms with E-state index in [9.17, 15) is 9.59 Å². The number of carbonyl (C=O) groups is 2. The molecule has 0 radical (unpaired) electrons. The molecule has 0 unspecified atom stereocenters. The van der Waals surface area contributed by atoms with Gasteiger partial charge in [0.15, 0.2) is 0 Å². The Labute approximate surface area is 163 Å². The second-order valence-corrected chi connectivity index (χ2v) is 7.65. The maximum atomic E-state index is 13.2. The number of nitrogens with one attached hydrogen (secondary N) is 1. The third-order valence-electron chi connectivity index (χ3n) is 4.77. The molecule has 2 aromatic heterocycles. The average Bonchev–Trinajstić information content (AvgIpc) is 3.20. The van der Waals surface area contributed by atoms with Crippen molar-refractivity contribution in [2.75, 3.05) is 12.4 Å². The Hall–Kier alpha value is -2.60. The number of rotatable bonds is 5. The van der Waals surface area contributed by atoms with Gasteiger partial charge in [-0.15, -0.1) is 11.3 Å². The van der Waals surface area contributed by atoms with E-state index in [1.54, 1.807) is 10.6 Å². The van der Waals surface area contributed by atoms with Crippen molar-refractivity contribution in [3.8, 4) is 0 Å². The third kappa shape index (κ3) is 3.49. The molecule has 27 heavy (non-hydrogen) atoms. The van der Waals surface area contributed by atoms with Crippen LogP contribution in [0.2, 0.25) is 0 Å². The van der Waals surface area contributed by atoms with Crippen LogP contribution in [-0.2, 0) is 9.53 Å². The van der Waals surface area contributed by atoms with E-state index in [0.717, 1.165) is 32.6 Å². The van der Waals surface area contributed by atoms with E-state index in [2.05, 4.69) is 17.4 Å². The highest BCUT2D eigenvalue weighted by atomic mass is 32.1. The highest BCUT2D eigenvalue weighted by molar-refractivity contribution is 7.16. The molecule has 2 heterocycles. The van der Waals surface area contributed by atoms with Crippen LogP contribution in [0.3, 0.4) is 0 Å². The van der Waals surface area contributed by atoms with Crippen LogP contribution in [-0.4, -0.2) is 23.6 Å². The number of carbonyl (C=O) groups excluding carboxylic acids is 2. The minimum atomic E-state index is -0.504. The van der Waals surface area contributed by atoms with Crippen molar-refractivity contribution in [2.24, 2.45) is 0 Å². The maximum absolute atomic E-state index is 13.2. The van der Waals surface area contributed by atoms with Crippen LogP contribution in [0.1, 0.15) is 46.6 Å². The summed E-state index contributed by atoms with van der Waals surface area (Å²) in [6.07, 6.45) is 0.557. The number of ether oxygens (including phenoxy) is 1. The summed E-state index contributed by atoms with van der Waals surface area (Å²) in [5.74, 6) is -0.573. The van der Waals surface area contributed by atoms with Gasteiger partial charge in [-0.05, 0) is 55.8 Å². The summed E-state index contributed by atoms with van der Waals surface area (Å²) in [6, 6.07) is 7.33. The van der Waals surface area contributed by atoms with Crippen molar-refractivity contribution in [1.29, 1.82) is 0 Å². The second kappa shape index (κ2) is 7.56. The molecule has 1 N–H and O–H groups in total. The first kappa shape index (κ1) is 19.2. The third-order valence-corrected chi connectivity index (χ3v) is 5.69. The minimum Gasteiger partial charge on any atom is -0.464 e. The molecule has 0 aliphatic carbocycles. The fraction of sp³-hybridized carbons (Fsp3) is 0.333. The number of amides is 1. The van der Waals surface area contributed by atoms with E-state index < -0.39 is 12.0 Å². The fourth-order valence-corrected chi connectivity index (χ4v) is 4.53. The van der Waals surface area contributed by atoms with Gasteiger partial charge >= 0.3 is 5.97 Å². The van der Waals surface area contributed by atoms with Gasteiger partial charge in [-0.1, -0.05) is 24.6 Å². The molecular weight excluding hydrogens is 360 g/mol. The van der Waals surface area contributed by atoms with Gasteiger partial charge in [0, 0.05) is 11.1 Å². The lowest BCUT2D eigenvalue weighted by molar-refractivity contribution is -0.119. The van der Waals surface area contributed by atoms with Gasteiger partial charge < -0.3 is 14.6 Å². The smallest absolute Gasteiger partial charge is 0.354 e. The molecule has 0 fully saturated rings. The maximum Gasteiger partial charge on any atom is 0.354 e. The molecule has 1 aromatic carbocycles. The van der Waals surface area contributed by atoms with Crippen molar-refractivity contribution >= 4 is 39.1 Å². The number of methoxy groups -OCH3 is 1. The van der Waals surface area contributed by atoms with Crippen molar-refractivity contribution in [2.45, 2.75) is 40.2 Å².